The van der Waals surface area contributed by atoms with Crippen molar-refractivity contribution in [1.82, 2.24) is 5.32 Å². The van der Waals surface area contributed by atoms with Gasteiger partial charge in [0.1, 0.15) is 0 Å². The lowest BCUT2D eigenvalue weighted by atomic mass is 10.1. The summed E-state index contributed by atoms with van der Waals surface area (Å²) in [5, 5.41) is 3.45. The maximum Gasteiger partial charge on any atom is 0.0289 e. The highest BCUT2D eigenvalue weighted by Gasteiger charge is 2.02. The summed E-state index contributed by atoms with van der Waals surface area (Å²) in [6.45, 7) is 9.06. The minimum Gasteiger partial charge on any atom is -0.306 e. The van der Waals surface area contributed by atoms with Gasteiger partial charge in [0.05, 0.1) is 0 Å². The summed E-state index contributed by atoms with van der Waals surface area (Å²) < 4.78 is 0. The molecule has 0 aliphatic heterocycles. The predicted octanol–water partition coefficient (Wildman–Crippen LogP) is 3.85. The van der Waals surface area contributed by atoms with Gasteiger partial charge in [-0.15, -0.1) is 0 Å². The number of allylic oxidation sites excluding steroid dienone is 3. The molecule has 1 atom stereocenters. The molecule has 0 heterocycles. The molecule has 0 amide bonds. The Labute approximate surface area is 105 Å². The lowest BCUT2D eigenvalue weighted by molar-refractivity contribution is 0.618. The minimum absolute atomic E-state index is 0.289. The summed E-state index contributed by atoms with van der Waals surface area (Å²) in [4.78, 5) is 0. The van der Waals surface area contributed by atoms with Crippen molar-refractivity contribution in [3.63, 3.8) is 0 Å². The van der Waals surface area contributed by atoms with Crippen molar-refractivity contribution in [2.24, 2.45) is 0 Å². The van der Waals surface area contributed by atoms with Crippen LogP contribution in [0.15, 0.2) is 66.8 Å². The van der Waals surface area contributed by atoms with Crippen molar-refractivity contribution in [2.75, 3.05) is 0 Å². The van der Waals surface area contributed by atoms with Crippen LogP contribution in [0.1, 0.15) is 19.4 Å². The Hall–Kier alpha value is -1.60. The van der Waals surface area contributed by atoms with Crippen molar-refractivity contribution in [2.45, 2.75) is 26.4 Å². The SMILES string of the molecule is C=C(/C=C\C=C/C)[C@@H](C)NCc1ccccc1. The number of hydrogen-bond donors (Lipinski definition) is 1. The smallest absolute Gasteiger partial charge is 0.0289 e. The van der Waals surface area contributed by atoms with E-state index in [0.717, 1.165) is 12.1 Å². The fourth-order valence-corrected chi connectivity index (χ4v) is 1.43. The largest absolute Gasteiger partial charge is 0.306 e. The molecule has 90 valence electrons. The summed E-state index contributed by atoms with van der Waals surface area (Å²) in [6.07, 6.45) is 8.08. The van der Waals surface area contributed by atoms with Crippen LogP contribution in [-0.4, -0.2) is 6.04 Å². The highest BCUT2D eigenvalue weighted by Crippen LogP contribution is 2.04. The second kappa shape index (κ2) is 7.64. The minimum atomic E-state index is 0.289. The van der Waals surface area contributed by atoms with E-state index < -0.39 is 0 Å². The van der Waals surface area contributed by atoms with Gasteiger partial charge in [-0.05, 0) is 25.0 Å². The molecule has 0 fully saturated rings. The third-order valence-corrected chi connectivity index (χ3v) is 2.63. The van der Waals surface area contributed by atoms with E-state index in [9.17, 15) is 0 Å². The molecule has 1 heteroatoms. The van der Waals surface area contributed by atoms with Gasteiger partial charge in [0.15, 0.2) is 0 Å². The summed E-state index contributed by atoms with van der Waals surface area (Å²) in [5.41, 5.74) is 2.39. The van der Waals surface area contributed by atoms with E-state index in [0.29, 0.717) is 0 Å². The Morgan fingerprint density at radius 1 is 1.29 bits per heavy atom. The molecule has 0 unspecified atom stereocenters. The van der Waals surface area contributed by atoms with Gasteiger partial charge < -0.3 is 5.32 Å². The van der Waals surface area contributed by atoms with Gasteiger partial charge in [0.2, 0.25) is 0 Å². The molecule has 0 spiro atoms. The van der Waals surface area contributed by atoms with Gasteiger partial charge >= 0.3 is 0 Å². The van der Waals surface area contributed by atoms with Crippen LogP contribution in [0.3, 0.4) is 0 Å². The molecule has 17 heavy (non-hydrogen) atoms. The summed E-state index contributed by atoms with van der Waals surface area (Å²) >= 11 is 0. The molecule has 1 rings (SSSR count). The molecule has 0 saturated heterocycles. The molecule has 1 aromatic carbocycles. The van der Waals surface area contributed by atoms with Crippen molar-refractivity contribution in [1.29, 1.82) is 0 Å². The second-order valence-electron chi connectivity index (χ2n) is 4.05. The van der Waals surface area contributed by atoms with Gasteiger partial charge in [-0.3, -0.25) is 0 Å². The first-order valence-electron chi connectivity index (χ1n) is 5.99. The van der Waals surface area contributed by atoms with Crippen LogP contribution in [0, 0.1) is 0 Å². The Kier molecular flexibility index (Phi) is 6.05. The van der Waals surface area contributed by atoms with Gasteiger partial charge in [-0.2, -0.15) is 0 Å². The van der Waals surface area contributed by atoms with Crippen LogP contribution in [0.4, 0.5) is 0 Å². The zero-order valence-electron chi connectivity index (χ0n) is 10.7. The Morgan fingerprint density at radius 3 is 2.65 bits per heavy atom. The molecule has 1 N–H and O–H groups in total. The first kappa shape index (κ1) is 13.5. The molecule has 0 bridgehead atoms. The number of rotatable bonds is 6. The zero-order chi connectivity index (χ0) is 12.5. The topological polar surface area (TPSA) is 12.0 Å². The van der Waals surface area contributed by atoms with E-state index in [-0.39, 0.29) is 6.04 Å². The monoisotopic (exact) mass is 227 g/mol. The molecule has 0 aromatic heterocycles. The van der Waals surface area contributed by atoms with E-state index >= 15 is 0 Å². The first-order valence-corrected chi connectivity index (χ1v) is 5.99. The second-order valence-corrected chi connectivity index (χ2v) is 4.05. The average molecular weight is 227 g/mol. The van der Waals surface area contributed by atoms with Crippen LogP contribution in [0.5, 0.6) is 0 Å². The van der Waals surface area contributed by atoms with Crippen LogP contribution < -0.4 is 5.32 Å². The van der Waals surface area contributed by atoms with Crippen molar-refractivity contribution >= 4 is 0 Å². The molecule has 0 aliphatic carbocycles. The van der Waals surface area contributed by atoms with Crippen LogP contribution in [0.25, 0.3) is 0 Å². The number of benzene rings is 1. The fourth-order valence-electron chi connectivity index (χ4n) is 1.43. The molecule has 0 aliphatic rings. The molecule has 0 radical (unpaired) electrons. The third kappa shape index (κ3) is 5.32. The molecule has 1 aromatic rings. The predicted molar refractivity (Wildman–Crippen MR) is 75.8 cm³/mol. The van der Waals surface area contributed by atoms with E-state index in [4.69, 9.17) is 0 Å². The van der Waals surface area contributed by atoms with Crippen molar-refractivity contribution in [3.8, 4) is 0 Å². The molecule has 0 saturated carbocycles. The summed E-state index contributed by atoms with van der Waals surface area (Å²) in [6, 6.07) is 10.7. The molecular formula is C16H21N. The van der Waals surface area contributed by atoms with E-state index in [1.165, 1.54) is 5.56 Å². The maximum atomic E-state index is 4.06. The highest BCUT2D eigenvalue weighted by molar-refractivity contribution is 5.24. The van der Waals surface area contributed by atoms with Crippen LogP contribution >= 0.6 is 0 Å². The highest BCUT2D eigenvalue weighted by atomic mass is 14.9. The third-order valence-electron chi connectivity index (χ3n) is 2.63. The summed E-state index contributed by atoms with van der Waals surface area (Å²) in [5.74, 6) is 0. The van der Waals surface area contributed by atoms with E-state index in [1.54, 1.807) is 0 Å². The Balaban J connectivity index is 2.39. The Morgan fingerprint density at radius 2 is 2.00 bits per heavy atom. The average Bonchev–Trinajstić information content (AvgIpc) is 2.37. The quantitative estimate of drug-likeness (QED) is 0.728. The van der Waals surface area contributed by atoms with Gasteiger partial charge in [-0.25, -0.2) is 0 Å². The van der Waals surface area contributed by atoms with Crippen LogP contribution in [-0.2, 0) is 6.54 Å². The maximum absolute atomic E-state index is 4.06. The van der Waals surface area contributed by atoms with Crippen LogP contribution in [0.2, 0.25) is 0 Å². The summed E-state index contributed by atoms with van der Waals surface area (Å²) in [7, 11) is 0. The zero-order valence-corrected chi connectivity index (χ0v) is 10.7. The standard InChI is InChI=1S/C16H21N/c1-4-5-7-10-14(2)15(3)17-13-16-11-8-6-9-12-16/h4-12,15,17H,2,13H2,1,3H3/b5-4-,10-7-/t15-/m1/s1. The number of hydrogen-bond acceptors (Lipinski definition) is 1. The van der Waals surface area contributed by atoms with Crippen molar-refractivity contribution in [3.05, 3.63) is 72.4 Å². The lowest BCUT2D eigenvalue weighted by Gasteiger charge is -2.14. The van der Waals surface area contributed by atoms with Gasteiger partial charge in [0, 0.05) is 12.6 Å². The lowest BCUT2D eigenvalue weighted by Crippen LogP contribution is -2.26. The van der Waals surface area contributed by atoms with Gasteiger partial charge in [0.25, 0.3) is 0 Å². The normalized spacial score (nSPS) is 13.3. The molecule has 1 nitrogen and oxygen atoms in total. The fraction of sp³-hybridized carbons (Fsp3) is 0.250. The Bertz CT molecular complexity index is 387. The van der Waals surface area contributed by atoms with E-state index in [2.05, 4.69) is 43.1 Å². The van der Waals surface area contributed by atoms with E-state index in [1.807, 2.05) is 37.3 Å². The molecular weight excluding hydrogens is 206 g/mol. The number of nitrogens with one attached hydrogen (secondary N) is 1. The van der Waals surface area contributed by atoms with Crippen molar-refractivity contribution < 1.29 is 0 Å². The van der Waals surface area contributed by atoms with Gasteiger partial charge in [-0.1, -0.05) is 61.2 Å². The first-order chi connectivity index (χ1) is 8.24.